The number of nitrogens with zero attached hydrogens (tertiary/aromatic N) is 3. The zero-order chi connectivity index (χ0) is 14.9. The Balaban J connectivity index is 2.74. The third-order valence-corrected chi connectivity index (χ3v) is 3.15. The van der Waals surface area contributed by atoms with Gasteiger partial charge in [-0.3, -0.25) is 0 Å². The Kier molecular flexibility index (Phi) is 3.76. The zero-order valence-electron chi connectivity index (χ0n) is 11.1. The summed E-state index contributed by atoms with van der Waals surface area (Å²) < 4.78 is 0.709. The van der Waals surface area contributed by atoms with E-state index in [2.05, 4.69) is 9.97 Å². The zero-order valence-corrected chi connectivity index (χ0v) is 11.8. The lowest BCUT2D eigenvalue weighted by Gasteiger charge is -2.11. The summed E-state index contributed by atoms with van der Waals surface area (Å²) in [6, 6.07) is 7.03. The van der Waals surface area contributed by atoms with E-state index in [1.165, 1.54) is 7.05 Å². The molecule has 0 aliphatic carbocycles. The number of nitrogens with two attached hydrogens (primary N) is 2. The Labute approximate surface area is 121 Å². The first kappa shape index (κ1) is 14.1. The normalized spacial score (nSPS) is 12.2. The molecule has 0 fully saturated rings. The highest BCUT2D eigenvalue weighted by Gasteiger charge is 2.19. The van der Waals surface area contributed by atoms with Crippen LogP contribution in [0.5, 0.6) is 0 Å². The minimum Gasteiger partial charge on any atom is -0.624 e. The highest BCUT2D eigenvalue weighted by molar-refractivity contribution is 6.30. The van der Waals surface area contributed by atoms with Crippen LogP contribution in [0.1, 0.15) is 12.6 Å². The van der Waals surface area contributed by atoms with E-state index in [1.54, 1.807) is 31.2 Å². The average molecular weight is 292 g/mol. The molecular formula is C13H14ClN5O. The summed E-state index contributed by atoms with van der Waals surface area (Å²) in [6.07, 6.45) is 0. The highest BCUT2D eigenvalue weighted by atomic mass is 35.5. The molecule has 0 aliphatic heterocycles. The van der Waals surface area contributed by atoms with E-state index in [4.69, 9.17) is 23.1 Å². The van der Waals surface area contributed by atoms with Crippen LogP contribution < -0.4 is 11.5 Å². The number of rotatable bonds is 2. The molecule has 0 aliphatic rings. The van der Waals surface area contributed by atoms with Crippen LogP contribution >= 0.6 is 11.6 Å². The van der Waals surface area contributed by atoms with Gasteiger partial charge in [-0.2, -0.15) is 4.98 Å². The second-order valence-electron chi connectivity index (χ2n) is 4.28. The molecule has 0 bridgehead atoms. The molecule has 1 heterocycles. The molecule has 0 radical (unpaired) electrons. The van der Waals surface area contributed by atoms with E-state index in [0.717, 1.165) is 5.56 Å². The summed E-state index contributed by atoms with van der Waals surface area (Å²) in [5.74, 6) is 0.243. The summed E-state index contributed by atoms with van der Waals surface area (Å²) in [5.41, 5.74) is 13.7. The Morgan fingerprint density at radius 3 is 2.35 bits per heavy atom. The fourth-order valence-corrected chi connectivity index (χ4v) is 1.93. The van der Waals surface area contributed by atoms with E-state index in [-0.39, 0.29) is 11.8 Å². The first-order chi connectivity index (χ1) is 9.40. The Bertz CT molecular complexity index is 678. The van der Waals surface area contributed by atoms with Crippen molar-refractivity contribution in [1.29, 1.82) is 0 Å². The minimum atomic E-state index is 0.0245. The van der Waals surface area contributed by atoms with Gasteiger partial charge in [0.25, 0.3) is 0 Å². The van der Waals surface area contributed by atoms with Crippen molar-refractivity contribution < 1.29 is 4.74 Å². The maximum atomic E-state index is 11.5. The van der Waals surface area contributed by atoms with Crippen molar-refractivity contribution in [2.45, 2.75) is 6.92 Å². The number of halogens is 1. The van der Waals surface area contributed by atoms with Crippen LogP contribution in [-0.2, 0) is 0 Å². The quantitative estimate of drug-likeness (QED) is 0.381. The molecule has 2 rings (SSSR count). The molecule has 1 aromatic carbocycles. The first-order valence-electron chi connectivity index (χ1n) is 5.84. The molecule has 1 aromatic heterocycles. The predicted octanol–water partition coefficient (Wildman–Crippen LogP) is 1.91. The topological polar surface area (TPSA) is 104 Å². The molecule has 0 saturated carbocycles. The molecule has 104 valence electrons. The van der Waals surface area contributed by atoms with Crippen LogP contribution in [0.3, 0.4) is 0 Å². The lowest BCUT2D eigenvalue weighted by Crippen LogP contribution is -2.16. The van der Waals surface area contributed by atoms with Crippen molar-refractivity contribution in [2.75, 3.05) is 18.5 Å². The molecule has 0 unspecified atom stereocenters. The van der Waals surface area contributed by atoms with Crippen LogP contribution in [0, 0.1) is 5.21 Å². The number of anilines is 2. The van der Waals surface area contributed by atoms with Gasteiger partial charge >= 0.3 is 0 Å². The minimum absolute atomic E-state index is 0.0245. The number of nitrogen functional groups attached to an aromatic ring is 2. The summed E-state index contributed by atoms with van der Waals surface area (Å²) in [4.78, 5) is 8.08. The Morgan fingerprint density at radius 2 is 1.80 bits per heavy atom. The number of aromatic nitrogens is 2. The van der Waals surface area contributed by atoms with Crippen LogP contribution in [0.25, 0.3) is 11.1 Å². The van der Waals surface area contributed by atoms with Gasteiger partial charge in [0.2, 0.25) is 11.7 Å². The van der Waals surface area contributed by atoms with Gasteiger partial charge in [0.15, 0.2) is 0 Å². The van der Waals surface area contributed by atoms with Crippen molar-refractivity contribution in [3.63, 3.8) is 0 Å². The van der Waals surface area contributed by atoms with E-state index < -0.39 is 0 Å². The molecule has 4 N–H and O–H groups in total. The molecular weight excluding hydrogens is 278 g/mol. The van der Waals surface area contributed by atoms with E-state index in [0.29, 0.717) is 26.7 Å². The van der Waals surface area contributed by atoms with Crippen molar-refractivity contribution >= 4 is 29.1 Å². The van der Waals surface area contributed by atoms with Gasteiger partial charge in [-0.15, -0.1) is 0 Å². The fourth-order valence-electron chi connectivity index (χ4n) is 1.81. The van der Waals surface area contributed by atoms with Crippen LogP contribution in [0.2, 0.25) is 5.02 Å². The van der Waals surface area contributed by atoms with E-state index >= 15 is 0 Å². The number of hydrogen-bond donors (Lipinski definition) is 2. The number of hydroxylamine groups is 1. The number of benzene rings is 1. The monoisotopic (exact) mass is 291 g/mol. The van der Waals surface area contributed by atoms with Crippen LogP contribution in [0.4, 0.5) is 11.8 Å². The number of hydrogen-bond acceptors (Lipinski definition) is 5. The second-order valence-corrected chi connectivity index (χ2v) is 4.72. The summed E-state index contributed by atoms with van der Waals surface area (Å²) >= 11 is 5.87. The molecule has 0 spiro atoms. The SMILES string of the molecule is CC(c1nc(N)nc(N)c1-c1ccc(Cl)cc1)=[N+](C)[O-]. The van der Waals surface area contributed by atoms with Crippen molar-refractivity contribution in [3.05, 3.63) is 40.2 Å². The van der Waals surface area contributed by atoms with E-state index in [1.807, 2.05) is 0 Å². The van der Waals surface area contributed by atoms with E-state index in [9.17, 15) is 5.21 Å². The van der Waals surface area contributed by atoms with Gasteiger partial charge in [-0.25, -0.2) is 9.72 Å². The van der Waals surface area contributed by atoms with Crippen molar-refractivity contribution in [2.24, 2.45) is 0 Å². The standard InChI is InChI=1S/C13H14ClN5O/c1-7(19(2)20)11-10(12(15)18-13(16)17-11)8-3-5-9(14)6-4-8/h3-6H,1-2H3,(H4,15,16,17,18). The molecule has 20 heavy (non-hydrogen) atoms. The van der Waals surface area contributed by atoms with Gasteiger partial charge in [0, 0.05) is 11.9 Å². The lowest BCUT2D eigenvalue weighted by atomic mass is 10.0. The predicted molar refractivity (Wildman–Crippen MR) is 80.6 cm³/mol. The third-order valence-electron chi connectivity index (χ3n) is 2.90. The highest BCUT2D eigenvalue weighted by Crippen LogP contribution is 2.29. The average Bonchev–Trinajstić information content (AvgIpc) is 2.38. The molecule has 0 saturated heterocycles. The van der Waals surface area contributed by atoms with Crippen LogP contribution in [-0.4, -0.2) is 27.5 Å². The second kappa shape index (κ2) is 5.34. The van der Waals surface area contributed by atoms with Gasteiger partial charge in [-0.1, -0.05) is 23.7 Å². The lowest BCUT2D eigenvalue weighted by molar-refractivity contribution is -0.422. The molecule has 6 nitrogen and oxygen atoms in total. The smallest absolute Gasteiger partial charge is 0.222 e. The summed E-state index contributed by atoms with van der Waals surface area (Å²) in [7, 11) is 1.38. The summed E-state index contributed by atoms with van der Waals surface area (Å²) in [5, 5.41) is 12.1. The van der Waals surface area contributed by atoms with Crippen LogP contribution in [0.15, 0.2) is 24.3 Å². The molecule has 0 amide bonds. The van der Waals surface area contributed by atoms with Gasteiger partial charge < -0.3 is 16.7 Å². The fraction of sp³-hybridized carbons (Fsp3) is 0.154. The Hall–Kier alpha value is -2.34. The first-order valence-corrected chi connectivity index (χ1v) is 6.21. The van der Waals surface area contributed by atoms with Gasteiger partial charge in [-0.05, 0) is 17.7 Å². The molecule has 0 atom stereocenters. The largest absolute Gasteiger partial charge is 0.624 e. The maximum absolute atomic E-state index is 11.5. The van der Waals surface area contributed by atoms with Gasteiger partial charge in [0.05, 0.1) is 5.56 Å². The molecule has 7 heteroatoms. The third kappa shape index (κ3) is 2.65. The summed E-state index contributed by atoms with van der Waals surface area (Å²) in [6.45, 7) is 1.65. The van der Waals surface area contributed by atoms with Crippen molar-refractivity contribution in [3.8, 4) is 11.1 Å². The maximum Gasteiger partial charge on any atom is 0.222 e. The van der Waals surface area contributed by atoms with Crippen molar-refractivity contribution in [1.82, 2.24) is 9.97 Å². The molecule has 2 aromatic rings. The van der Waals surface area contributed by atoms with Gasteiger partial charge in [0.1, 0.15) is 18.6 Å². The Morgan fingerprint density at radius 1 is 1.20 bits per heavy atom.